The number of amides is 1. The third-order valence-electron chi connectivity index (χ3n) is 4.62. The van der Waals surface area contributed by atoms with Crippen molar-refractivity contribution in [3.63, 3.8) is 0 Å². The Kier molecular flexibility index (Phi) is 6.53. The van der Waals surface area contributed by atoms with Gasteiger partial charge in [0.05, 0.1) is 10.7 Å². The Morgan fingerprint density at radius 1 is 1.15 bits per heavy atom. The number of nitrogens with one attached hydrogen (secondary N) is 1. The molecule has 4 nitrogen and oxygen atoms in total. The minimum Gasteiger partial charge on any atom is -0.348 e. The predicted molar refractivity (Wildman–Crippen MR) is 109 cm³/mol. The number of carbonyl (C=O) groups excluding carboxylic acids is 1. The Hall–Kier alpha value is -1.78. The Bertz CT molecular complexity index is 902. The smallest absolute Gasteiger partial charge is 0.261 e. The number of rotatable bonds is 5. The van der Waals surface area contributed by atoms with Crippen molar-refractivity contribution in [1.82, 2.24) is 4.57 Å². The van der Waals surface area contributed by atoms with Crippen molar-refractivity contribution in [2.24, 2.45) is 5.92 Å². The van der Waals surface area contributed by atoms with E-state index >= 15 is 0 Å². The van der Waals surface area contributed by atoms with Crippen LogP contribution in [0.15, 0.2) is 23.0 Å². The van der Waals surface area contributed by atoms with Crippen molar-refractivity contribution in [3.05, 3.63) is 61.0 Å². The van der Waals surface area contributed by atoms with Gasteiger partial charge in [0, 0.05) is 28.5 Å². The maximum atomic E-state index is 12.8. The molecule has 0 saturated heterocycles. The number of halogens is 2. The van der Waals surface area contributed by atoms with Crippen molar-refractivity contribution in [3.8, 4) is 0 Å². The summed E-state index contributed by atoms with van der Waals surface area (Å²) >= 11 is 12.1. The van der Waals surface area contributed by atoms with Gasteiger partial charge in [0.15, 0.2) is 5.43 Å². The van der Waals surface area contributed by atoms with Crippen molar-refractivity contribution in [2.75, 3.05) is 5.32 Å². The van der Waals surface area contributed by atoms with Gasteiger partial charge in [-0.15, -0.1) is 0 Å². The van der Waals surface area contributed by atoms with Crippen molar-refractivity contribution < 1.29 is 4.79 Å². The number of anilines is 1. The van der Waals surface area contributed by atoms with Crippen LogP contribution in [-0.2, 0) is 6.54 Å². The summed E-state index contributed by atoms with van der Waals surface area (Å²) in [6.07, 6.45) is 0.963. The molecule has 0 unspecified atom stereocenters. The minimum atomic E-state index is -0.474. The number of hydrogen-bond acceptors (Lipinski definition) is 2. The summed E-state index contributed by atoms with van der Waals surface area (Å²) in [6.45, 7) is 10.5. The molecule has 0 aliphatic heterocycles. The summed E-state index contributed by atoms with van der Waals surface area (Å²) in [5.41, 5.74) is 2.42. The number of hydrogen-bond donors (Lipinski definition) is 1. The van der Waals surface area contributed by atoms with Crippen LogP contribution < -0.4 is 10.7 Å². The SMILES string of the molecule is Cc1c(C)n(CCC(C)C)c(C)c(C(=O)Nc2cc(Cl)ccc2Cl)c1=O. The molecule has 0 saturated carbocycles. The van der Waals surface area contributed by atoms with E-state index in [4.69, 9.17) is 23.2 Å². The number of benzene rings is 1. The van der Waals surface area contributed by atoms with Crippen LogP contribution in [0.3, 0.4) is 0 Å². The first-order valence-corrected chi connectivity index (χ1v) is 9.36. The van der Waals surface area contributed by atoms with E-state index in [-0.39, 0.29) is 11.0 Å². The molecule has 0 spiro atoms. The largest absolute Gasteiger partial charge is 0.348 e. The van der Waals surface area contributed by atoms with E-state index < -0.39 is 5.91 Å². The van der Waals surface area contributed by atoms with Gasteiger partial charge in [0.2, 0.25) is 0 Å². The van der Waals surface area contributed by atoms with Gasteiger partial charge in [-0.05, 0) is 51.3 Å². The average molecular weight is 395 g/mol. The summed E-state index contributed by atoms with van der Waals surface area (Å²) in [7, 11) is 0. The zero-order valence-corrected chi connectivity index (χ0v) is 17.3. The van der Waals surface area contributed by atoms with Crippen LogP contribution >= 0.6 is 23.2 Å². The first kappa shape index (κ1) is 20.5. The standard InChI is InChI=1S/C20H24Cl2N2O2/c1-11(2)8-9-24-13(4)12(3)19(25)18(14(24)5)20(26)23-17-10-15(21)6-7-16(17)22/h6-7,10-11H,8-9H2,1-5H3,(H,23,26). The van der Waals surface area contributed by atoms with Gasteiger partial charge in [0.25, 0.3) is 5.91 Å². The molecule has 0 radical (unpaired) electrons. The second kappa shape index (κ2) is 8.28. The summed E-state index contributed by atoms with van der Waals surface area (Å²) in [5.74, 6) is 0.0501. The van der Waals surface area contributed by atoms with E-state index in [1.807, 2.05) is 18.4 Å². The number of carbonyl (C=O) groups is 1. The lowest BCUT2D eigenvalue weighted by Gasteiger charge is -2.20. The molecule has 2 rings (SSSR count). The molecule has 1 amide bonds. The number of pyridine rings is 1. The Labute approximate surface area is 164 Å². The quantitative estimate of drug-likeness (QED) is 0.739. The highest BCUT2D eigenvalue weighted by Crippen LogP contribution is 2.26. The second-order valence-corrected chi connectivity index (χ2v) is 7.76. The van der Waals surface area contributed by atoms with Crippen molar-refractivity contribution in [2.45, 2.75) is 47.6 Å². The van der Waals surface area contributed by atoms with Crippen molar-refractivity contribution >= 4 is 34.8 Å². The maximum Gasteiger partial charge on any atom is 0.261 e. The molecule has 1 aromatic carbocycles. The lowest BCUT2D eigenvalue weighted by molar-refractivity contribution is 0.102. The van der Waals surface area contributed by atoms with E-state index in [0.717, 1.165) is 18.7 Å². The first-order valence-electron chi connectivity index (χ1n) is 8.60. The number of aromatic nitrogens is 1. The van der Waals surface area contributed by atoms with Crippen LogP contribution in [-0.4, -0.2) is 10.5 Å². The van der Waals surface area contributed by atoms with E-state index in [0.29, 0.717) is 32.9 Å². The molecule has 1 heterocycles. The lowest BCUT2D eigenvalue weighted by Crippen LogP contribution is -2.29. The van der Waals surface area contributed by atoms with Gasteiger partial charge in [0.1, 0.15) is 5.56 Å². The van der Waals surface area contributed by atoms with Gasteiger partial charge < -0.3 is 9.88 Å². The molecule has 0 bridgehead atoms. The molecular formula is C20H24Cl2N2O2. The van der Waals surface area contributed by atoms with E-state index in [2.05, 4.69) is 19.2 Å². The summed E-state index contributed by atoms with van der Waals surface area (Å²) in [6, 6.07) is 4.81. The molecule has 0 atom stereocenters. The second-order valence-electron chi connectivity index (χ2n) is 6.91. The zero-order chi connectivity index (χ0) is 19.6. The highest BCUT2D eigenvalue weighted by Gasteiger charge is 2.21. The lowest BCUT2D eigenvalue weighted by atomic mass is 10.0. The molecule has 1 aromatic heterocycles. The van der Waals surface area contributed by atoms with Crippen LogP contribution in [0.25, 0.3) is 0 Å². The fourth-order valence-corrected chi connectivity index (χ4v) is 3.21. The van der Waals surface area contributed by atoms with Gasteiger partial charge in [-0.1, -0.05) is 37.0 Å². The fraction of sp³-hybridized carbons (Fsp3) is 0.400. The number of nitrogens with zero attached hydrogens (tertiary/aromatic N) is 1. The van der Waals surface area contributed by atoms with Crippen molar-refractivity contribution in [1.29, 1.82) is 0 Å². The minimum absolute atomic E-state index is 0.146. The molecule has 2 aromatic rings. The van der Waals surface area contributed by atoms with E-state index in [1.165, 1.54) is 0 Å². The highest BCUT2D eigenvalue weighted by molar-refractivity contribution is 6.35. The molecule has 6 heteroatoms. The van der Waals surface area contributed by atoms with Gasteiger partial charge in [-0.25, -0.2) is 0 Å². The average Bonchev–Trinajstić information content (AvgIpc) is 2.56. The fourth-order valence-electron chi connectivity index (χ4n) is 2.87. The molecule has 1 N–H and O–H groups in total. The van der Waals surface area contributed by atoms with E-state index in [9.17, 15) is 9.59 Å². The predicted octanol–water partition coefficient (Wildman–Crippen LogP) is 5.38. The van der Waals surface area contributed by atoms with Gasteiger partial charge in [-0.2, -0.15) is 0 Å². The third kappa shape index (κ3) is 4.30. The molecule has 0 aliphatic rings. The molecular weight excluding hydrogens is 371 g/mol. The summed E-state index contributed by atoms with van der Waals surface area (Å²) in [4.78, 5) is 25.6. The molecule has 0 fully saturated rings. The summed E-state index contributed by atoms with van der Waals surface area (Å²) < 4.78 is 2.05. The van der Waals surface area contributed by atoms with Crippen LogP contribution in [0.2, 0.25) is 10.0 Å². The van der Waals surface area contributed by atoms with Crippen LogP contribution in [0, 0.1) is 26.7 Å². The summed E-state index contributed by atoms with van der Waals surface area (Å²) in [5, 5.41) is 3.54. The monoisotopic (exact) mass is 394 g/mol. The topological polar surface area (TPSA) is 51.1 Å². The first-order chi connectivity index (χ1) is 12.1. The zero-order valence-electron chi connectivity index (χ0n) is 15.7. The highest BCUT2D eigenvalue weighted by atomic mass is 35.5. The third-order valence-corrected chi connectivity index (χ3v) is 5.18. The van der Waals surface area contributed by atoms with Crippen LogP contribution in [0.1, 0.15) is 47.6 Å². The molecule has 140 valence electrons. The van der Waals surface area contributed by atoms with Gasteiger partial charge in [-0.3, -0.25) is 9.59 Å². The normalized spacial score (nSPS) is 11.1. The maximum absolute atomic E-state index is 12.8. The van der Waals surface area contributed by atoms with Gasteiger partial charge >= 0.3 is 0 Å². The van der Waals surface area contributed by atoms with Crippen LogP contribution in [0.4, 0.5) is 5.69 Å². The molecule has 0 aliphatic carbocycles. The Morgan fingerprint density at radius 3 is 2.42 bits per heavy atom. The Balaban J connectivity index is 2.49. The van der Waals surface area contributed by atoms with E-state index in [1.54, 1.807) is 25.1 Å². The molecule has 26 heavy (non-hydrogen) atoms. The van der Waals surface area contributed by atoms with Crippen LogP contribution in [0.5, 0.6) is 0 Å². The Morgan fingerprint density at radius 2 is 1.81 bits per heavy atom.